The van der Waals surface area contributed by atoms with E-state index in [0.29, 0.717) is 5.89 Å². The molecule has 0 bridgehead atoms. The van der Waals surface area contributed by atoms with Crippen molar-refractivity contribution in [3.8, 4) is 6.07 Å². The molecule has 0 aliphatic heterocycles. The number of hydrogen-bond acceptors (Lipinski definition) is 6. The molecule has 5 aliphatic rings. The number of fused-ring (bicyclic) bond motifs is 7. The van der Waals surface area contributed by atoms with Crippen LogP contribution in [0, 0.1) is 63.1 Å². The third kappa shape index (κ3) is 3.19. The standard InChI is InChI=1S/C33H43N3O3/c1-19-35-36-27(39-19)33-13-11-28(2,3)17-21(33)25-22(37)15-24-30(6)16-20(18-34)26(38)29(4,5)23(30)9-10-31(24,7)32(25,8)12-14-33/h15-16,21,23,25H,9-14,17H2,1-8H3/t21-,23-,25-,30-,31+,32+,33-/m0/s1. The number of carbonyl (C=O) groups excluding carboxylic acids is 2. The molecule has 39 heavy (non-hydrogen) atoms. The second kappa shape index (κ2) is 7.80. The van der Waals surface area contributed by atoms with E-state index in [9.17, 15) is 14.9 Å². The highest BCUT2D eigenvalue weighted by Crippen LogP contribution is 2.74. The van der Waals surface area contributed by atoms with Crippen LogP contribution in [-0.2, 0) is 15.0 Å². The van der Waals surface area contributed by atoms with Crippen molar-refractivity contribution in [3.63, 3.8) is 0 Å². The summed E-state index contributed by atoms with van der Waals surface area (Å²) in [5.41, 5.74) is -0.382. The fourth-order valence-electron chi connectivity index (χ4n) is 10.5. The van der Waals surface area contributed by atoms with Crippen molar-refractivity contribution >= 4 is 11.6 Å². The Morgan fingerprint density at radius 2 is 1.67 bits per heavy atom. The maximum Gasteiger partial charge on any atom is 0.222 e. The summed E-state index contributed by atoms with van der Waals surface area (Å²) in [6.45, 7) is 17.4. The molecule has 6 nitrogen and oxygen atoms in total. The summed E-state index contributed by atoms with van der Waals surface area (Å²) in [6, 6.07) is 2.20. The molecule has 6 rings (SSSR count). The maximum atomic E-state index is 14.6. The van der Waals surface area contributed by atoms with Crippen molar-refractivity contribution in [2.24, 2.45) is 44.8 Å². The fraction of sp³-hybridized carbons (Fsp3) is 0.727. The Labute approximate surface area is 232 Å². The summed E-state index contributed by atoms with van der Waals surface area (Å²) in [4.78, 5) is 27.8. The zero-order valence-corrected chi connectivity index (χ0v) is 24.9. The molecule has 1 aromatic heterocycles. The van der Waals surface area contributed by atoms with Gasteiger partial charge in [-0.1, -0.05) is 60.1 Å². The Morgan fingerprint density at radius 3 is 2.31 bits per heavy atom. The van der Waals surface area contributed by atoms with E-state index in [1.807, 2.05) is 32.9 Å². The lowest BCUT2D eigenvalue weighted by atomic mass is 9.34. The minimum absolute atomic E-state index is 0.0551. The van der Waals surface area contributed by atoms with Crippen LogP contribution in [0.15, 0.2) is 27.7 Å². The van der Waals surface area contributed by atoms with Crippen LogP contribution in [0.5, 0.6) is 0 Å². The van der Waals surface area contributed by atoms with Crippen molar-refractivity contribution < 1.29 is 14.0 Å². The monoisotopic (exact) mass is 529 g/mol. The Morgan fingerprint density at radius 1 is 0.974 bits per heavy atom. The smallest absolute Gasteiger partial charge is 0.222 e. The van der Waals surface area contributed by atoms with Gasteiger partial charge in [-0.2, -0.15) is 5.26 Å². The zero-order chi connectivity index (χ0) is 28.4. The Bertz CT molecular complexity index is 1390. The average molecular weight is 530 g/mol. The van der Waals surface area contributed by atoms with Gasteiger partial charge in [-0.3, -0.25) is 9.59 Å². The van der Waals surface area contributed by atoms with Crippen molar-refractivity contribution in [2.45, 2.75) is 106 Å². The van der Waals surface area contributed by atoms with Gasteiger partial charge >= 0.3 is 0 Å². The summed E-state index contributed by atoms with van der Waals surface area (Å²) >= 11 is 0. The van der Waals surface area contributed by atoms with Gasteiger partial charge in [0.2, 0.25) is 11.8 Å². The minimum atomic E-state index is -0.650. The first-order valence-corrected chi connectivity index (χ1v) is 14.8. The van der Waals surface area contributed by atoms with E-state index in [2.05, 4.69) is 50.9 Å². The number of hydrogen-bond donors (Lipinski definition) is 0. The number of rotatable bonds is 1. The largest absolute Gasteiger partial charge is 0.425 e. The van der Waals surface area contributed by atoms with Crippen LogP contribution in [0.4, 0.5) is 0 Å². The summed E-state index contributed by atoms with van der Waals surface area (Å²) in [5.74, 6) is 1.49. The minimum Gasteiger partial charge on any atom is -0.425 e. The molecule has 0 saturated heterocycles. The quantitative estimate of drug-likeness (QED) is 0.395. The number of ketones is 2. The lowest BCUT2D eigenvalue weighted by Gasteiger charge is -2.68. The van der Waals surface area contributed by atoms with E-state index in [1.54, 1.807) is 0 Å². The van der Waals surface area contributed by atoms with E-state index < -0.39 is 10.8 Å². The topological polar surface area (TPSA) is 96.9 Å². The first kappa shape index (κ1) is 26.7. The number of nitriles is 1. The lowest BCUT2D eigenvalue weighted by Crippen LogP contribution is -2.65. The van der Waals surface area contributed by atoms with Crippen LogP contribution in [-0.4, -0.2) is 21.8 Å². The molecule has 5 aliphatic carbocycles. The number of Topliss-reactive ketones (excluding diaryl/α,β-unsaturated/α-hetero) is 1. The van der Waals surface area contributed by atoms with Crippen molar-refractivity contribution in [2.75, 3.05) is 0 Å². The van der Waals surface area contributed by atoms with Gasteiger partial charge in [0.05, 0.1) is 11.0 Å². The van der Waals surface area contributed by atoms with E-state index >= 15 is 0 Å². The molecule has 1 aromatic rings. The number of aryl methyl sites for hydroxylation is 1. The van der Waals surface area contributed by atoms with Gasteiger partial charge in [0.1, 0.15) is 6.07 Å². The Hall–Kier alpha value is -2.55. The SMILES string of the molecule is Cc1nnc([C@]23CCC(C)(C)C[C@H]2[C@H]2C(=O)C=C4[C@@]5(C)C=C(C#N)C(=O)C(C)(C)[C@@H]5CC[C@@]4(C)[C@]2(C)CC3)o1. The second-order valence-electron chi connectivity index (χ2n) is 15.5. The van der Waals surface area contributed by atoms with Gasteiger partial charge in [0, 0.05) is 23.7 Å². The number of carbonyl (C=O) groups is 2. The molecule has 0 aromatic carbocycles. The van der Waals surface area contributed by atoms with Gasteiger partial charge in [-0.05, 0) is 79.1 Å². The van der Waals surface area contributed by atoms with Crippen LogP contribution < -0.4 is 0 Å². The molecule has 7 atom stereocenters. The number of aromatic nitrogens is 2. The van der Waals surface area contributed by atoms with Crippen molar-refractivity contribution in [3.05, 3.63) is 35.1 Å². The highest BCUT2D eigenvalue weighted by Gasteiger charge is 2.70. The van der Waals surface area contributed by atoms with Crippen LogP contribution >= 0.6 is 0 Å². The molecule has 6 heteroatoms. The predicted octanol–water partition coefficient (Wildman–Crippen LogP) is 6.85. The van der Waals surface area contributed by atoms with Crippen LogP contribution in [0.3, 0.4) is 0 Å². The van der Waals surface area contributed by atoms with E-state index in [1.165, 1.54) is 0 Å². The summed E-state index contributed by atoms with van der Waals surface area (Å²) in [5, 5.41) is 18.7. The lowest BCUT2D eigenvalue weighted by molar-refractivity contribution is -0.161. The van der Waals surface area contributed by atoms with Gasteiger partial charge < -0.3 is 4.42 Å². The predicted molar refractivity (Wildman–Crippen MR) is 147 cm³/mol. The molecule has 0 N–H and O–H groups in total. The van der Waals surface area contributed by atoms with E-state index in [0.717, 1.165) is 56.4 Å². The highest BCUT2D eigenvalue weighted by atomic mass is 16.4. The van der Waals surface area contributed by atoms with Gasteiger partial charge in [-0.25, -0.2) is 0 Å². The molecule has 0 spiro atoms. The fourth-order valence-corrected chi connectivity index (χ4v) is 10.5. The Balaban J connectivity index is 1.54. The second-order valence-corrected chi connectivity index (χ2v) is 15.5. The molecule has 3 saturated carbocycles. The normalized spacial score (nSPS) is 44.1. The highest BCUT2D eigenvalue weighted by molar-refractivity contribution is 6.04. The van der Waals surface area contributed by atoms with Crippen LogP contribution in [0.1, 0.15) is 105 Å². The van der Waals surface area contributed by atoms with Gasteiger partial charge in [0.15, 0.2) is 11.6 Å². The third-order valence-electron chi connectivity index (χ3n) is 12.8. The van der Waals surface area contributed by atoms with E-state index in [4.69, 9.17) is 4.42 Å². The zero-order valence-electron chi connectivity index (χ0n) is 24.9. The molecule has 0 amide bonds. The van der Waals surface area contributed by atoms with Crippen LogP contribution in [0.2, 0.25) is 0 Å². The molecule has 0 unspecified atom stereocenters. The molecule has 1 heterocycles. The summed E-state index contributed by atoms with van der Waals surface area (Å²) < 4.78 is 6.16. The molecule has 0 radical (unpaired) electrons. The van der Waals surface area contributed by atoms with Crippen molar-refractivity contribution in [1.82, 2.24) is 10.2 Å². The van der Waals surface area contributed by atoms with Crippen molar-refractivity contribution in [1.29, 1.82) is 5.26 Å². The summed E-state index contributed by atoms with van der Waals surface area (Å²) in [7, 11) is 0. The van der Waals surface area contributed by atoms with Gasteiger partial charge in [-0.15, -0.1) is 10.2 Å². The molecule has 208 valence electrons. The molecule has 3 fully saturated rings. The molecular formula is C33H43N3O3. The average Bonchev–Trinajstić information content (AvgIpc) is 3.29. The Kier molecular flexibility index (Phi) is 5.33. The maximum absolute atomic E-state index is 14.6. The van der Waals surface area contributed by atoms with E-state index in [-0.39, 0.29) is 56.6 Å². The third-order valence-corrected chi connectivity index (χ3v) is 12.8. The summed E-state index contributed by atoms with van der Waals surface area (Å²) in [6.07, 6.45) is 10.6. The number of nitrogens with zero attached hydrogens (tertiary/aromatic N) is 3. The number of allylic oxidation sites excluding steroid dienone is 4. The first-order valence-electron chi connectivity index (χ1n) is 14.8. The van der Waals surface area contributed by atoms with Gasteiger partial charge in [0.25, 0.3) is 0 Å². The molecular weight excluding hydrogens is 486 g/mol. The first-order chi connectivity index (χ1) is 18.1. The van der Waals surface area contributed by atoms with Crippen LogP contribution in [0.25, 0.3) is 0 Å².